The Balaban J connectivity index is 3.23. The first kappa shape index (κ1) is 9.53. The Morgan fingerprint density at radius 2 is 2.15 bits per heavy atom. The van der Waals surface area contributed by atoms with Gasteiger partial charge >= 0.3 is 0 Å². The molecule has 0 aliphatic heterocycles. The summed E-state index contributed by atoms with van der Waals surface area (Å²) in [4.78, 5) is 0. The Hall–Kier alpha value is -1.56. The van der Waals surface area contributed by atoms with Gasteiger partial charge in [-0.2, -0.15) is 0 Å². The standard InChI is InChI=1S/C10H8F2O/c1-3-4-8-9(12)5-7(11)6-10(8)13-2/h1,5-6H,4H2,2H3. The first-order valence-electron chi connectivity index (χ1n) is 3.64. The number of rotatable bonds is 2. The highest BCUT2D eigenvalue weighted by Crippen LogP contribution is 2.23. The molecule has 0 N–H and O–H groups in total. The summed E-state index contributed by atoms with van der Waals surface area (Å²) >= 11 is 0. The third-order valence-electron chi connectivity index (χ3n) is 1.62. The molecule has 0 radical (unpaired) electrons. The summed E-state index contributed by atoms with van der Waals surface area (Å²) in [5, 5.41) is 0. The molecule has 0 bridgehead atoms. The lowest BCUT2D eigenvalue weighted by Gasteiger charge is -2.06. The zero-order chi connectivity index (χ0) is 9.84. The van der Waals surface area contributed by atoms with Crippen LogP contribution in [0, 0.1) is 24.0 Å². The van der Waals surface area contributed by atoms with E-state index in [1.165, 1.54) is 7.11 Å². The van der Waals surface area contributed by atoms with Crippen LogP contribution in [-0.2, 0) is 6.42 Å². The molecule has 1 nitrogen and oxygen atoms in total. The van der Waals surface area contributed by atoms with Gasteiger partial charge < -0.3 is 4.74 Å². The predicted molar refractivity (Wildman–Crippen MR) is 45.4 cm³/mol. The van der Waals surface area contributed by atoms with E-state index in [1.54, 1.807) is 0 Å². The molecule has 1 aromatic carbocycles. The van der Waals surface area contributed by atoms with E-state index < -0.39 is 11.6 Å². The minimum absolute atomic E-state index is 0.0925. The molecule has 0 amide bonds. The molecule has 0 aliphatic rings. The maximum Gasteiger partial charge on any atom is 0.133 e. The van der Waals surface area contributed by atoms with E-state index >= 15 is 0 Å². The fourth-order valence-corrected chi connectivity index (χ4v) is 1.04. The lowest BCUT2D eigenvalue weighted by Crippen LogP contribution is -1.96. The van der Waals surface area contributed by atoms with Crippen LogP contribution in [0.1, 0.15) is 5.56 Å². The average Bonchev–Trinajstić information content (AvgIpc) is 2.09. The molecule has 1 aromatic rings. The zero-order valence-corrected chi connectivity index (χ0v) is 7.10. The van der Waals surface area contributed by atoms with Crippen molar-refractivity contribution in [2.75, 3.05) is 7.11 Å². The molecular formula is C10H8F2O. The predicted octanol–water partition coefficient (Wildman–Crippen LogP) is 2.15. The van der Waals surface area contributed by atoms with Gasteiger partial charge in [-0.25, -0.2) is 8.78 Å². The van der Waals surface area contributed by atoms with E-state index in [9.17, 15) is 8.78 Å². The van der Waals surface area contributed by atoms with Crippen LogP contribution in [0.4, 0.5) is 8.78 Å². The number of halogens is 2. The molecule has 0 aromatic heterocycles. The van der Waals surface area contributed by atoms with Gasteiger partial charge in [0.15, 0.2) is 0 Å². The van der Waals surface area contributed by atoms with Crippen LogP contribution in [-0.4, -0.2) is 7.11 Å². The van der Waals surface area contributed by atoms with Crippen LogP contribution in [0.25, 0.3) is 0 Å². The fourth-order valence-electron chi connectivity index (χ4n) is 1.04. The smallest absolute Gasteiger partial charge is 0.133 e. The Morgan fingerprint density at radius 3 is 2.69 bits per heavy atom. The highest BCUT2D eigenvalue weighted by Gasteiger charge is 2.10. The second-order valence-electron chi connectivity index (χ2n) is 2.45. The number of hydrogen-bond donors (Lipinski definition) is 0. The maximum absolute atomic E-state index is 13.1. The normalized spacial score (nSPS) is 9.38. The number of ether oxygens (including phenoxy) is 1. The molecule has 3 heteroatoms. The number of benzene rings is 1. The van der Waals surface area contributed by atoms with Gasteiger partial charge in [0.1, 0.15) is 17.4 Å². The molecule has 68 valence electrons. The topological polar surface area (TPSA) is 9.23 Å². The molecule has 0 saturated carbocycles. The van der Waals surface area contributed by atoms with Crippen LogP contribution in [0.15, 0.2) is 12.1 Å². The number of methoxy groups -OCH3 is 1. The lowest BCUT2D eigenvalue weighted by atomic mass is 10.1. The largest absolute Gasteiger partial charge is 0.496 e. The highest BCUT2D eigenvalue weighted by atomic mass is 19.1. The maximum atomic E-state index is 13.1. The van der Waals surface area contributed by atoms with Crippen molar-refractivity contribution in [1.29, 1.82) is 0 Å². The van der Waals surface area contributed by atoms with Gasteiger partial charge in [0.05, 0.1) is 7.11 Å². The molecule has 0 aliphatic carbocycles. The molecule has 0 unspecified atom stereocenters. The Kier molecular flexibility index (Phi) is 2.86. The van der Waals surface area contributed by atoms with E-state index in [-0.39, 0.29) is 17.7 Å². The van der Waals surface area contributed by atoms with Gasteiger partial charge in [-0.15, -0.1) is 12.3 Å². The van der Waals surface area contributed by atoms with E-state index in [2.05, 4.69) is 5.92 Å². The Morgan fingerprint density at radius 1 is 1.46 bits per heavy atom. The van der Waals surface area contributed by atoms with Gasteiger partial charge in [0.2, 0.25) is 0 Å². The lowest BCUT2D eigenvalue weighted by molar-refractivity contribution is 0.401. The first-order valence-corrected chi connectivity index (χ1v) is 3.64. The number of terminal acetylenes is 1. The van der Waals surface area contributed by atoms with Crippen molar-refractivity contribution in [2.45, 2.75) is 6.42 Å². The molecule has 13 heavy (non-hydrogen) atoms. The summed E-state index contributed by atoms with van der Waals surface area (Å²) in [5.74, 6) is 1.08. The van der Waals surface area contributed by atoms with E-state index in [0.29, 0.717) is 0 Å². The number of hydrogen-bond acceptors (Lipinski definition) is 1. The summed E-state index contributed by atoms with van der Waals surface area (Å²) in [6.45, 7) is 0. The Labute approximate surface area is 75.3 Å². The van der Waals surface area contributed by atoms with Crippen LogP contribution >= 0.6 is 0 Å². The van der Waals surface area contributed by atoms with Gasteiger partial charge in [0, 0.05) is 24.1 Å². The van der Waals surface area contributed by atoms with Crippen molar-refractivity contribution in [3.8, 4) is 18.1 Å². The van der Waals surface area contributed by atoms with E-state index in [0.717, 1.165) is 12.1 Å². The van der Waals surface area contributed by atoms with Crippen molar-refractivity contribution < 1.29 is 13.5 Å². The van der Waals surface area contributed by atoms with Crippen LogP contribution < -0.4 is 4.74 Å². The highest BCUT2D eigenvalue weighted by molar-refractivity contribution is 5.37. The minimum Gasteiger partial charge on any atom is -0.496 e. The van der Waals surface area contributed by atoms with Crippen molar-refractivity contribution in [2.24, 2.45) is 0 Å². The quantitative estimate of drug-likeness (QED) is 0.637. The molecular weight excluding hydrogens is 174 g/mol. The monoisotopic (exact) mass is 182 g/mol. The average molecular weight is 182 g/mol. The molecule has 0 atom stereocenters. The van der Waals surface area contributed by atoms with Crippen LogP contribution in [0.5, 0.6) is 5.75 Å². The van der Waals surface area contributed by atoms with Gasteiger partial charge in [-0.3, -0.25) is 0 Å². The summed E-state index contributed by atoms with van der Waals surface area (Å²) in [6, 6.07) is 1.89. The van der Waals surface area contributed by atoms with Gasteiger partial charge in [-0.1, -0.05) is 0 Å². The minimum atomic E-state index is -0.671. The van der Waals surface area contributed by atoms with Crippen LogP contribution in [0.3, 0.4) is 0 Å². The Bertz CT molecular complexity index is 353. The third kappa shape index (κ3) is 1.97. The second kappa shape index (κ2) is 3.90. The first-order chi connectivity index (χ1) is 6.19. The van der Waals surface area contributed by atoms with Crippen molar-refractivity contribution in [3.63, 3.8) is 0 Å². The summed E-state index contributed by atoms with van der Waals surface area (Å²) in [6.07, 6.45) is 5.12. The fraction of sp³-hybridized carbons (Fsp3) is 0.200. The molecule has 0 fully saturated rings. The SMILES string of the molecule is C#CCc1c(F)cc(F)cc1OC. The molecule has 0 saturated heterocycles. The van der Waals surface area contributed by atoms with E-state index in [1.807, 2.05) is 0 Å². The van der Waals surface area contributed by atoms with Gasteiger partial charge in [0.25, 0.3) is 0 Å². The molecule has 0 spiro atoms. The van der Waals surface area contributed by atoms with Crippen LogP contribution in [0.2, 0.25) is 0 Å². The second-order valence-corrected chi connectivity index (χ2v) is 2.45. The third-order valence-corrected chi connectivity index (χ3v) is 1.62. The van der Waals surface area contributed by atoms with Crippen molar-refractivity contribution >= 4 is 0 Å². The molecule has 1 rings (SSSR count). The van der Waals surface area contributed by atoms with Crippen molar-refractivity contribution in [1.82, 2.24) is 0 Å². The molecule has 0 heterocycles. The summed E-state index contributed by atoms with van der Waals surface area (Å²) in [7, 11) is 1.34. The van der Waals surface area contributed by atoms with Gasteiger partial charge in [-0.05, 0) is 0 Å². The van der Waals surface area contributed by atoms with Crippen molar-refractivity contribution in [3.05, 3.63) is 29.3 Å². The summed E-state index contributed by atoms with van der Waals surface area (Å²) < 4.78 is 30.5. The zero-order valence-electron chi connectivity index (χ0n) is 7.10. The summed E-state index contributed by atoms with van der Waals surface area (Å²) in [5.41, 5.74) is 0.214. The van der Waals surface area contributed by atoms with E-state index in [4.69, 9.17) is 11.2 Å².